The minimum Gasteiger partial charge on any atom is -0.0620 e. The predicted molar refractivity (Wildman–Crippen MR) is 45.8 cm³/mol. The summed E-state index contributed by atoms with van der Waals surface area (Å²) < 4.78 is 0. The van der Waals surface area contributed by atoms with Crippen molar-refractivity contribution in [3.8, 4) is 0 Å². The molecule has 10 heavy (non-hydrogen) atoms. The molecule has 0 bridgehead atoms. The number of rotatable bonds is 0. The normalized spacial score (nSPS) is 34.2. The van der Waals surface area contributed by atoms with Crippen molar-refractivity contribution < 1.29 is 0 Å². The first kappa shape index (κ1) is 7.07. The molecule has 0 N–H and O–H groups in total. The Hall–Kier alpha value is -1.04. The first-order chi connectivity index (χ1) is 4.79. The van der Waals surface area contributed by atoms with Crippen molar-refractivity contribution in [2.75, 3.05) is 0 Å². The van der Waals surface area contributed by atoms with Crippen LogP contribution in [0.2, 0.25) is 0 Å². The van der Waals surface area contributed by atoms with E-state index >= 15 is 0 Å². The summed E-state index contributed by atoms with van der Waals surface area (Å²) in [5, 5.41) is 0. The average molecular weight is 132 g/mol. The third kappa shape index (κ3) is 2.06. The lowest BCUT2D eigenvalue weighted by Gasteiger charge is -1.93. The molecule has 0 heteroatoms. The summed E-state index contributed by atoms with van der Waals surface area (Å²) in [7, 11) is 0. The molecule has 1 aliphatic carbocycles. The van der Waals surface area contributed by atoms with Crippen molar-refractivity contribution in [2.24, 2.45) is 0 Å². The van der Waals surface area contributed by atoms with E-state index in [1.54, 1.807) is 0 Å². The van der Waals surface area contributed by atoms with Gasteiger partial charge in [-0.1, -0.05) is 47.6 Å². The van der Waals surface area contributed by atoms with Gasteiger partial charge in [0, 0.05) is 0 Å². The molecular weight excluding hydrogens is 120 g/mol. The van der Waals surface area contributed by atoms with Crippen LogP contribution in [0.5, 0.6) is 0 Å². The molecule has 0 aliphatic heterocycles. The van der Waals surface area contributed by atoms with Gasteiger partial charge in [0.25, 0.3) is 0 Å². The lowest BCUT2D eigenvalue weighted by molar-refractivity contribution is 1.46. The van der Waals surface area contributed by atoms with Crippen LogP contribution in [0.1, 0.15) is 13.8 Å². The highest BCUT2D eigenvalue weighted by molar-refractivity contribution is 5.33. The van der Waals surface area contributed by atoms with Crippen LogP contribution in [0.25, 0.3) is 0 Å². The summed E-state index contributed by atoms with van der Waals surface area (Å²) >= 11 is 0. The zero-order valence-corrected chi connectivity index (χ0v) is 6.46. The molecule has 0 aromatic heterocycles. The molecule has 0 radical (unpaired) electrons. The van der Waals surface area contributed by atoms with E-state index in [1.807, 2.05) is 0 Å². The smallest absolute Gasteiger partial charge is 0.0398 e. The maximum Gasteiger partial charge on any atom is -0.0398 e. The fraction of sp³-hybridized carbons (Fsp3) is 0.200. The number of hydrogen-bond acceptors (Lipinski definition) is 0. The minimum absolute atomic E-state index is 1.30. The lowest BCUT2D eigenvalue weighted by Crippen LogP contribution is -1.72. The van der Waals surface area contributed by atoms with Crippen LogP contribution in [-0.4, -0.2) is 0 Å². The molecule has 0 spiro atoms. The largest absolute Gasteiger partial charge is 0.0620 e. The molecule has 1 rings (SSSR count). The summed E-state index contributed by atoms with van der Waals surface area (Å²) in [6, 6.07) is 0. The van der Waals surface area contributed by atoms with Gasteiger partial charge in [-0.15, -0.1) is 0 Å². The van der Waals surface area contributed by atoms with E-state index in [-0.39, 0.29) is 0 Å². The fourth-order valence-corrected chi connectivity index (χ4v) is 0.789. The molecule has 0 amide bonds. The standard InChI is InChI=1S/C10H12/c1-9-5-3-4-6-10(2)8-7-9/h3-8H,1-2H3/b4-3?,5-3-,6-4-,8-7?,9-5?,9-7-,10-6?,10-8-. The van der Waals surface area contributed by atoms with Crippen molar-refractivity contribution in [1.82, 2.24) is 0 Å². The van der Waals surface area contributed by atoms with Crippen molar-refractivity contribution in [3.63, 3.8) is 0 Å². The van der Waals surface area contributed by atoms with Crippen LogP contribution in [0.4, 0.5) is 0 Å². The molecule has 0 heterocycles. The van der Waals surface area contributed by atoms with E-state index in [0.29, 0.717) is 0 Å². The SMILES string of the molecule is CC1=C/C=C(C)\C=C/C=C\1. The van der Waals surface area contributed by atoms with Crippen molar-refractivity contribution in [1.29, 1.82) is 0 Å². The Morgan fingerprint density at radius 1 is 0.800 bits per heavy atom. The zero-order valence-electron chi connectivity index (χ0n) is 6.46. The van der Waals surface area contributed by atoms with Crippen LogP contribution in [0.15, 0.2) is 47.6 Å². The molecular formula is C10H12. The average Bonchev–Trinajstić information content (AvgIpc) is 1.90. The molecule has 0 saturated heterocycles. The van der Waals surface area contributed by atoms with Crippen LogP contribution < -0.4 is 0 Å². The molecule has 52 valence electrons. The molecule has 0 unspecified atom stereocenters. The van der Waals surface area contributed by atoms with Gasteiger partial charge in [-0.2, -0.15) is 0 Å². The Morgan fingerprint density at radius 3 is 1.60 bits per heavy atom. The molecule has 0 aromatic rings. The van der Waals surface area contributed by atoms with Gasteiger partial charge in [0.1, 0.15) is 0 Å². The summed E-state index contributed by atoms with van der Waals surface area (Å²) in [6.07, 6.45) is 12.5. The molecule has 1 aliphatic rings. The highest BCUT2D eigenvalue weighted by atomic mass is 13.9. The summed E-state index contributed by atoms with van der Waals surface area (Å²) in [4.78, 5) is 0. The summed E-state index contributed by atoms with van der Waals surface area (Å²) in [6.45, 7) is 4.19. The Bertz CT molecular complexity index is 198. The quantitative estimate of drug-likeness (QED) is 0.475. The number of hydrogen-bond donors (Lipinski definition) is 0. The van der Waals surface area contributed by atoms with Gasteiger partial charge in [0.2, 0.25) is 0 Å². The van der Waals surface area contributed by atoms with Crippen LogP contribution in [0, 0.1) is 0 Å². The van der Waals surface area contributed by atoms with Crippen molar-refractivity contribution in [2.45, 2.75) is 13.8 Å². The Balaban J connectivity index is 2.87. The van der Waals surface area contributed by atoms with E-state index in [2.05, 4.69) is 50.3 Å². The summed E-state index contributed by atoms with van der Waals surface area (Å²) in [5.41, 5.74) is 2.59. The van der Waals surface area contributed by atoms with Gasteiger partial charge in [-0.25, -0.2) is 0 Å². The maximum absolute atomic E-state index is 2.12. The van der Waals surface area contributed by atoms with Gasteiger partial charge in [0.15, 0.2) is 0 Å². The van der Waals surface area contributed by atoms with Gasteiger partial charge >= 0.3 is 0 Å². The van der Waals surface area contributed by atoms with E-state index < -0.39 is 0 Å². The Morgan fingerprint density at radius 2 is 1.20 bits per heavy atom. The first-order valence-corrected chi connectivity index (χ1v) is 3.49. The third-order valence-corrected chi connectivity index (χ3v) is 1.44. The highest BCUT2D eigenvalue weighted by Gasteiger charge is 1.83. The van der Waals surface area contributed by atoms with Crippen molar-refractivity contribution in [3.05, 3.63) is 47.6 Å². The fourth-order valence-electron chi connectivity index (χ4n) is 0.789. The molecule has 0 aromatic carbocycles. The molecule has 0 saturated carbocycles. The van der Waals surface area contributed by atoms with Crippen LogP contribution >= 0.6 is 0 Å². The Kier molecular flexibility index (Phi) is 2.27. The van der Waals surface area contributed by atoms with E-state index in [4.69, 9.17) is 0 Å². The van der Waals surface area contributed by atoms with Gasteiger partial charge in [-0.3, -0.25) is 0 Å². The van der Waals surface area contributed by atoms with Gasteiger partial charge in [0.05, 0.1) is 0 Å². The van der Waals surface area contributed by atoms with E-state index in [1.165, 1.54) is 11.1 Å². The van der Waals surface area contributed by atoms with Gasteiger partial charge in [-0.05, 0) is 13.8 Å². The maximum atomic E-state index is 2.12. The second-order valence-electron chi connectivity index (χ2n) is 2.54. The van der Waals surface area contributed by atoms with Crippen LogP contribution in [0.3, 0.4) is 0 Å². The van der Waals surface area contributed by atoms with E-state index in [9.17, 15) is 0 Å². The second-order valence-corrected chi connectivity index (χ2v) is 2.54. The van der Waals surface area contributed by atoms with E-state index in [0.717, 1.165) is 0 Å². The second kappa shape index (κ2) is 3.21. The first-order valence-electron chi connectivity index (χ1n) is 3.49. The lowest BCUT2D eigenvalue weighted by atomic mass is 10.1. The number of allylic oxidation sites excluding steroid dienone is 8. The van der Waals surface area contributed by atoms with Crippen LogP contribution in [-0.2, 0) is 0 Å². The predicted octanol–water partition coefficient (Wildman–Crippen LogP) is 3.01. The summed E-state index contributed by atoms with van der Waals surface area (Å²) in [5.74, 6) is 0. The third-order valence-electron chi connectivity index (χ3n) is 1.44. The minimum atomic E-state index is 1.30. The molecule has 0 fully saturated rings. The topological polar surface area (TPSA) is 0 Å². The zero-order chi connectivity index (χ0) is 7.40. The monoisotopic (exact) mass is 132 g/mol. The molecule has 0 nitrogen and oxygen atoms in total. The van der Waals surface area contributed by atoms with Crippen molar-refractivity contribution >= 4 is 0 Å². The molecule has 0 atom stereocenters. The Labute approximate surface area is 62.3 Å². The highest BCUT2D eigenvalue weighted by Crippen LogP contribution is 2.03. The van der Waals surface area contributed by atoms with Gasteiger partial charge < -0.3 is 0 Å².